The van der Waals surface area contributed by atoms with Gasteiger partial charge < -0.3 is 13.9 Å². The van der Waals surface area contributed by atoms with E-state index < -0.39 is 11.9 Å². The largest absolute Gasteiger partial charge is 0.465 e. The Kier molecular flexibility index (Phi) is 1.41. The van der Waals surface area contributed by atoms with Gasteiger partial charge in [-0.1, -0.05) is 0 Å². The SMILES string of the molecule is COC(=O)c1c2c3oc1c(S)c3OC2=O. The van der Waals surface area contributed by atoms with E-state index in [2.05, 4.69) is 17.4 Å². The predicted octanol–water partition coefficient (Wildman–Crippen LogP) is 1.48. The van der Waals surface area contributed by atoms with E-state index in [0.29, 0.717) is 10.6 Å². The van der Waals surface area contributed by atoms with Crippen LogP contribution in [0.2, 0.25) is 0 Å². The van der Waals surface area contributed by atoms with Crippen molar-refractivity contribution in [3.63, 3.8) is 0 Å². The number of ether oxygens (including phenoxy) is 2. The Labute approximate surface area is 88.7 Å². The van der Waals surface area contributed by atoms with Gasteiger partial charge in [0.1, 0.15) is 11.1 Å². The highest BCUT2D eigenvalue weighted by atomic mass is 32.1. The van der Waals surface area contributed by atoms with Crippen molar-refractivity contribution in [2.75, 3.05) is 7.11 Å². The molecule has 1 aliphatic rings. The molecule has 2 aromatic heterocycles. The van der Waals surface area contributed by atoms with Crippen LogP contribution in [-0.4, -0.2) is 19.0 Å². The number of methoxy groups -OCH3 is 1. The second-order valence-corrected chi connectivity index (χ2v) is 3.52. The van der Waals surface area contributed by atoms with Crippen molar-refractivity contribution >= 4 is 35.7 Å². The van der Waals surface area contributed by atoms with Crippen molar-refractivity contribution in [3.05, 3.63) is 11.1 Å². The van der Waals surface area contributed by atoms with E-state index in [1.54, 1.807) is 0 Å². The maximum atomic E-state index is 11.4. The Bertz CT molecular complexity index is 597. The Morgan fingerprint density at radius 2 is 2.13 bits per heavy atom. The average Bonchev–Trinajstić information content (AvgIpc) is 2.80. The van der Waals surface area contributed by atoms with Crippen LogP contribution >= 0.6 is 12.6 Å². The summed E-state index contributed by atoms with van der Waals surface area (Å²) in [5, 5.41) is 0. The fourth-order valence-corrected chi connectivity index (χ4v) is 2.00. The zero-order valence-electron chi connectivity index (χ0n) is 7.49. The van der Waals surface area contributed by atoms with E-state index in [4.69, 9.17) is 9.15 Å². The van der Waals surface area contributed by atoms with Crippen molar-refractivity contribution in [2.45, 2.75) is 4.90 Å². The summed E-state index contributed by atoms with van der Waals surface area (Å²) in [5.41, 5.74) is 0.768. The normalized spacial score (nSPS) is 13.6. The predicted molar refractivity (Wildman–Crippen MR) is 51.0 cm³/mol. The molecule has 2 aromatic rings. The van der Waals surface area contributed by atoms with Crippen LogP contribution in [0.1, 0.15) is 20.7 Å². The monoisotopic (exact) mass is 224 g/mol. The molecular weight excluding hydrogens is 220 g/mol. The Morgan fingerprint density at radius 3 is 2.80 bits per heavy atom. The summed E-state index contributed by atoms with van der Waals surface area (Å²) < 4.78 is 14.7. The van der Waals surface area contributed by atoms with Crippen LogP contribution in [0.15, 0.2) is 9.31 Å². The van der Waals surface area contributed by atoms with Crippen molar-refractivity contribution in [1.29, 1.82) is 0 Å². The van der Waals surface area contributed by atoms with Crippen molar-refractivity contribution in [3.8, 4) is 5.75 Å². The first-order valence-electron chi connectivity index (χ1n) is 4.06. The van der Waals surface area contributed by atoms with E-state index in [1.807, 2.05) is 0 Å². The lowest BCUT2D eigenvalue weighted by molar-refractivity contribution is 0.0593. The molecule has 3 rings (SSSR count). The van der Waals surface area contributed by atoms with Gasteiger partial charge in [-0.15, -0.1) is 12.6 Å². The van der Waals surface area contributed by atoms with Gasteiger partial charge in [-0.3, -0.25) is 0 Å². The van der Waals surface area contributed by atoms with Crippen molar-refractivity contribution < 1.29 is 23.5 Å². The minimum Gasteiger partial charge on any atom is -0.465 e. The van der Waals surface area contributed by atoms with Crippen molar-refractivity contribution in [2.24, 2.45) is 0 Å². The third-order valence-corrected chi connectivity index (χ3v) is 2.74. The molecule has 0 N–H and O–H groups in total. The fraction of sp³-hybridized carbons (Fsp3) is 0.111. The number of furan rings is 2. The van der Waals surface area contributed by atoms with E-state index in [1.165, 1.54) is 7.11 Å². The van der Waals surface area contributed by atoms with Crippen LogP contribution in [0.3, 0.4) is 0 Å². The Balaban J connectivity index is 2.40. The first-order valence-corrected chi connectivity index (χ1v) is 4.51. The van der Waals surface area contributed by atoms with E-state index in [9.17, 15) is 9.59 Å². The minimum absolute atomic E-state index is 0.101. The zero-order chi connectivity index (χ0) is 10.7. The number of thiol groups is 1. The molecule has 0 amide bonds. The summed E-state index contributed by atoms with van der Waals surface area (Å²) in [6.45, 7) is 0. The molecule has 0 aromatic carbocycles. The van der Waals surface area contributed by atoms with Gasteiger partial charge in [0.15, 0.2) is 16.9 Å². The molecule has 0 radical (unpaired) electrons. The fourth-order valence-electron chi connectivity index (χ4n) is 1.70. The second-order valence-electron chi connectivity index (χ2n) is 3.07. The summed E-state index contributed by atoms with van der Waals surface area (Å²) in [7, 11) is 1.23. The zero-order valence-corrected chi connectivity index (χ0v) is 8.38. The highest BCUT2D eigenvalue weighted by molar-refractivity contribution is 7.80. The lowest BCUT2D eigenvalue weighted by Gasteiger charge is -1.96. The number of carbonyl (C=O) groups excluding carboxylic acids is 2. The smallest absolute Gasteiger partial charge is 0.348 e. The second kappa shape index (κ2) is 2.46. The molecule has 0 saturated carbocycles. The van der Waals surface area contributed by atoms with Gasteiger partial charge in [0.25, 0.3) is 0 Å². The number of benzene rings is 1. The summed E-state index contributed by atoms with van der Waals surface area (Å²) in [6, 6.07) is 0. The lowest BCUT2D eigenvalue weighted by Crippen LogP contribution is -2.08. The molecule has 2 bridgehead atoms. The van der Waals surface area contributed by atoms with Gasteiger partial charge in [-0.2, -0.15) is 0 Å². The molecular formula is C9H4O5S. The van der Waals surface area contributed by atoms with Crippen molar-refractivity contribution in [1.82, 2.24) is 0 Å². The van der Waals surface area contributed by atoms with Gasteiger partial charge in [-0.25, -0.2) is 9.59 Å². The first kappa shape index (κ1) is 8.60. The van der Waals surface area contributed by atoms with Gasteiger partial charge >= 0.3 is 11.9 Å². The van der Waals surface area contributed by atoms with Gasteiger partial charge in [0, 0.05) is 0 Å². The lowest BCUT2D eigenvalue weighted by atomic mass is 10.1. The van der Waals surface area contributed by atoms with Gasteiger partial charge in [0.2, 0.25) is 0 Å². The van der Waals surface area contributed by atoms with E-state index >= 15 is 0 Å². The van der Waals surface area contributed by atoms with Gasteiger partial charge in [0.05, 0.1) is 12.0 Å². The highest BCUT2D eigenvalue weighted by Gasteiger charge is 2.41. The molecule has 0 fully saturated rings. The maximum absolute atomic E-state index is 11.4. The number of hydrogen-bond acceptors (Lipinski definition) is 6. The summed E-state index contributed by atoms with van der Waals surface area (Å²) >= 11 is 4.11. The molecule has 0 spiro atoms. The van der Waals surface area contributed by atoms with E-state index in [0.717, 1.165) is 0 Å². The van der Waals surface area contributed by atoms with E-state index in [-0.39, 0.29) is 22.3 Å². The highest BCUT2D eigenvalue weighted by Crippen LogP contribution is 2.48. The quantitative estimate of drug-likeness (QED) is 0.587. The summed E-state index contributed by atoms with van der Waals surface area (Å²) in [4.78, 5) is 23.2. The Hall–Kier alpha value is -1.69. The van der Waals surface area contributed by atoms with Crippen LogP contribution < -0.4 is 4.74 Å². The third-order valence-electron chi connectivity index (χ3n) is 2.33. The van der Waals surface area contributed by atoms with Crippen LogP contribution in [0.5, 0.6) is 5.75 Å². The molecule has 5 nitrogen and oxygen atoms in total. The maximum Gasteiger partial charge on any atom is 0.348 e. The number of carbonyl (C=O) groups is 2. The number of rotatable bonds is 1. The molecule has 15 heavy (non-hydrogen) atoms. The number of hydrogen-bond donors (Lipinski definition) is 1. The summed E-state index contributed by atoms with van der Waals surface area (Å²) in [6.07, 6.45) is 0. The molecule has 1 aliphatic heterocycles. The standard InChI is InChI=1S/C9H4O5S/c1-12-8(10)3-2-4-6(14-9(2)11)7(15)5(3)13-4/h15H,1H3. The van der Waals surface area contributed by atoms with Crippen LogP contribution in [0.4, 0.5) is 0 Å². The molecule has 0 aliphatic carbocycles. The minimum atomic E-state index is -0.626. The number of esters is 2. The van der Waals surface area contributed by atoms with Gasteiger partial charge in [-0.05, 0) is 0 Å². The number of fused-ring (bicyclic) bond motifs is 1. The van der Waals surface area contributed by atoms with Crippen LogP contribution in [-0.2, 0) is 4.74 Å². The third kappa shape index (κ3) is 0.805. The molecule has 0 atom stereocenters. The Morgan fingerprint density at radius 1 is 1.40 bits per heavy atom. The molecule has 76 valence electrons. The molecule has 0 unspecified atom stereocenters. The molecule has 0 saturated heterocycles. The van der Waals surface area contributed by atoms with Crippen LogP contribution in [0.25, 0.3) is 11.2 Å². The van der Waals surface area contributed by atoms with Crippen LogP contribution in [0, 0.1) is 0 Å². The first-order chi connectivity index (χ1) is 7.15. The topological polar surface area (TPSA) is 65.7 Å². The summed E-state index contributed by atoms with van der Waals surface area (Å²) in [5.74, 6) is -0.931. The molecule has 6 heteroatoms. The molecule has 3 heterocycles. The average molecular weight is 224 g/mol.